The maximum atomic E-state index is 12.3. The molecule has 1 amide bonds. The molecule has 0 fully saturated rings. The number of phenolic OH excluding ortho intramolecular Hbond substituents is 1. The number of rotatable bonds is 7. The first-order valence-corrected chi connectivity index (χ1v) is 8.43. The fourth-order valence-corrected chi connectivity index (χ4v) is 2.77. The van der Waals surface area contributed by atoms with Gasteiger partial charge in [0, 0.05) is 43.2 Å². The monoisotopic (exact) mass is 355 g/mol. The number of fused-ring (bicyclic) bond motifs is 3. The summed E-state index contributed by atoms with van der Waals surface area (Å²) in [7, 11) is 1.88. The lowest BCUT2D eigenvalue weighted by Gasteiger charge is -2.08. The normalized spacial score (nSPS) is 11.1. The van der Waals surface area contributed by atoms with E-state index in [1.54, 1.807) is 18.2 Å². The fourth-order valence-electron chi connectivity index (χ4n) is 2.77. The van der Waals surface area contributed by atoms with Gasteiger partial charge >= 0.3 is 5.63 Å². The van der Waals surface area contributed by atoms with E-state index in [-0.39, 0.29) is 11.7 Å². The highest BCUT2D eigenvalue weighted by Gasteiger charge is 2.12. The summed E-state index contributed by atoms with van der Waals surface area (Å²) < 4.78 is 5.26. The van der Waals surface area contributed by atoms with Crippen LogP contribution in [0.5, 0.6) is 5.75 Å². The van der Waals surface area contributed by atoms with Crippen LogP contribution >= 0.6 is 0 Å². The summed E-state index contributed by atoms with van der Waals surface area (Å²) in [6.07, 6.45) is 0. The third-order valence-corrected chi connectivity index (χ3v) is 4.10. The minimum atomic E-state index is -0.540. The predicted octanol–water partition coefficient (Wildman–Crippen LogP) is 1.19. The second-order valence-corrected chi connectivity index (χ2v) is 5.94. The van der Waals surface area contributed by atoms with Gasteiger partial charge in [0.05, 0.1) is 5.39 Å². The molecule has 1 aromatic heterocycles. The van der Waals surface area contributed by atoms with E-state index >= 15 is 0 Å². The quantitative estimate of drug-likeness (QED) is 0.288. The van der Waals surface area contributed by atoms with E-state index in [1.807, 2.05) is 7.05 Å². The van der Waals surface area contributed by atoms with Gasteiger partial charge in [-0.3, -0.25) is 4.79 Å². The van der Waals surface area contributed by atoms with E-state index in [9.17, 15) is 14.7 Å². The van der Waals surface area contributed by atoms with E-state index in [2.05, 4.69) is 16.0 Å². The van der Waals surface area contributed by atoms with Crippen molar-refractivity contribution in [3.05, 3.63) is 52.4 Å². The number of phenols is 1. The molecule has 0 aliphatic heterocycles. The second-order valence-electron chi connectivity index (χ2n) is 5.94. The molecule has 3 rings (SSSR count). The van der Waals surface area contributed by atoms with Crippen molar-refractivity contribution < 1.29 is 14.3 Å². The lowest BCUT2D eigenvalue weighted by atomic mass is 10.0. The third-order valence-electron chi connectivity index (χ3n) is 4.10. The van der Waals surface area contributed by atoms with Gasteiger partial charge in [-0.05, 0) is 36.7 Å². The molecule has 0 saturated carbocycles. The van der Waals surface area contributed by atoms with Crippen molar-refractivity contribution in [1.29, 1.82) is 0 Å². The summed E-state index contributed by atoms with van der Waals surface area (Å²) in [5, 5.41) is 20.3. The van der Waals surface area contributed by atoms with Crippen molar-refractivity contribution in [3.63, 3.8) is 0 Å². The van der Waals surface area contributed by atoms with Crippen LogP contribution in [0.4, 0.5) is 0 Å². The highest BCUT2D eigenvalue weighted by molar-refractivity contribution is 6.07. The number of carbonyl (C=O) groups is 1. The Kier molecular flexibility index (Phi) is 5.50. The van der Waals surface area contributed by atoms with Crippen LogP contribution in [0.1, 0.15) is 10.4 Å². The lowest BCUT2D eigenvalue weighted by Crippen LogP contribution is -2.34. The molecular formula is C19H21N3O4. The minimum Gasteiger partial charge on any atom is -0.508 e. The summed E-state index contributed by atoms with van der Waals surface area (Å²) in [5.41, 5.74) is 0.173. The number of benzene rings is 2. The molecule has 7 heteroatoms. The first-order valence-electron chi connectivity index (χ1n) is 8.43. The number of likely N-dealkylation sites (N-methyl/N-ethyl adjacent to an activating group) is 1. The second kappa shape index (κ2) is 7.99. The predicted molar refractivity (Wildman–Crippen MR) is 101 cm³/mol. The first-order chi connectivity index (χ1) is 12.6. The maximum absolute atomic E-state index is 12.3. The summed E-state index contributed by atoms with van der Waals surface area (Å²) in [4.78, 5) is 24.5. The van der Waals surface area contributed by atoms with Gasteiger partial charge in [-0.1, -0.05) is 6.07 Å². The summed E-state index contributed by atoms with van der Waals surface area (Å²) in [6.45, 7) is 2.84. The van der Waals surface area contributed by atoms with E-state index < -0.39 is 5.63 Å². The summed E-state index contributed by atoms with van der Waals surface area (Å²) in [5.74, 6) is -0.216. The molecule has 0 spiro atoms. The van der Waals surface area contributed by atoms with Crippen molar-refractivity contribution in [2.75, 3.05) is 33.2 Å². The van der Waals surface area contributed by atoms with Gasteiger partial charge in [-0.25, -0.2) is 4.79 Å². The average molecular weight is 355 g/mol. The number of nitrogens with one attached hydrogen (secondary N) is 3. The van der Waals surface area contributed by atoms with Crippen LogP contribution in [0.25, 0.3) is 21.7 Å². The van der Waals surface area contributed by atoms with E-state index in [0.29, 0.717) is 40.4 Å². The molecule has 0 radical (unpaired) electrons. The van der Waals surface area contributed by atoms with Crippen LogP contribution < -0.4 is 21.6 Å². The summed E-state index contributed by atoms with van der Waals surface area (Å²) >= 11 is 0. The van der Waals surface area contributed by atoms with Crippen molar-refractivity contribution in [2.24, 2.45) is 0 Å². The van der Waals surface area contributed by atoms with Gasteiger partial charge < -0.3 is 25.5 Å². The Balaban J connectivity index is 1.80. The SMILES string of the molecule is CNCCNCCNC(=O)c1ccc2c(c1)c(=O)oc1cc(O)ccc12. The zero-order valence-electron chi connectivity index (χ0n) is 14.5. The van der Waals surface area contributed by atoms with Gasteiger partial charge in [0.15, 0.2) is 0 Å². The molecule has 4 N–H and O–H groups in total. The molecule has 0 atom stereocenters. The van der Waals surface area contributed by atoms with Gasteiger partial charge in [-0.15, -0.1) is 0 Å². The minimum absolute atomic E-state index is 0.0272. The Morgan fingerprint density at radius 1 is 1.00 bits per heavy atom. The molecule has 136 valence electrons. The smallest absolute Gasteiger partial charge is 0.344 e. The molecule has 0 aliphatic carbocycles. The van der Waals surface area contributed by atoms with Crippen molar-refractivity contribution in [2.45, 2.75) is 0 Å². The van der Waals surface area contributed by atoms with Gasteiger partial charge in [-0.2, -0.15) is 0 Å². The highest BCUT2D eigenvalue weighted by atomic mass is 16.4. The largest absolute Gasteiger partial charge is 0.508 e. The molecule has 3 aromatic rings. The Morgan fingerprint density at radius 3 is 2.58 bits per heavy atom. The molecule has 26 heavy (non-hydrogen) atoms. The Labute approximate surface area is 150 Å². The topological polar surface area (TPSA) is 104 Å². The zero-order valence-corrected chi connectivity index (χ0v) is 14.5. The highest BCUT2D eigenvalue weighted by Crippen LogP contribution is 2.26. The molecule has 2 aromatic carbocycles. The van der Waals surface area contributed by atoms with Crippen LogP contribution in [0, 0.1) is 0 Å². The number of hydrogen-bond donors (Lipinski definition) is 4. The first kappa shape index (κ1) is 17.9. The molecule has 0 saturated heterocycles. The molecule has 1 heterocycles. The molecular weight excluding hydrogens is 334 g/mol. The van der Waals surface area contributed by atoms with Crippen LogP contribution in [-0.4, -0.2) is 44.2 Å². The lowest BCUT2D eigenvalue weighted by molar-refractivity contribution is 0.0954. The Bertz CT molecular complexity index is 997. The van der Waals surface area contributed by atoms with Crippen molar-refractivity contribution >= 4 is 27.6 Å². The van der Waals surface area contributed by atoms with Crippen LogP contribution in [0.15, 0.2) is 45.6 Å². The number of carbonyl (C=O) groups excluding carboxylic acids is 1. The van der Waals surface area contributed by atoms with Gasteiger partial charge in [0.25, 0.3) is 5.91 Å². The van der Waals surface area contributed by atoms with Gasteiger partial charge in [0.1, 0.15) is 11.3 Å². The standard InChI is InChI=1S/C19H21N3O4/c1-20-6-7-21-8-9-22-18(24)12-2-4-14-15-5-3-13(23)11-17(15)26-19(25)16(14)10-12/h2-5,10-11,20-21,23H,6-9H2,1H3,(H,22,24). The van der Waals surface area contributed by atoms with Crippen molar-refractivity contribution in [3.8, 4) is 5.75 Å². The summed E-state index contributed by atoms with van der Waals surface area (Å²) in [6, 6.07) is 9.56. The van der Waals surface area contributed by atoms with Crippen LogP contribution in [0.2, 0.25) is 0 Å². The Morgan fingerprint density at radius 2 is 1.77 bits per heavy atom. The molecule has 0 aliphatic rings. The number of aromatic hydroxyl groups is 1. The fraction of sp³-hybridized carbons (Fsp3) is 0.263. The van der Waals surface area contributed by atoms with E-state index in [0.717, 1.165) is 13.1 Å². The number of amides is 1. The third kappa shape index (κ3) is 3.84. The van der Waals surface area contributed by atoms with E-state index in [4.69, 9.17) is 4.42 Å². The molecule has 0 bridgehead atoms. The van der Waals surface area contributed by atoms with Gasteiger partial charge in [0.2, 0.25) is 0 Å². The van der Waals surface area contributed by atoms with Crippen LogP contribution in [0.3, 0.4) is 0 Å². The Hall–Kier alpha value is -2.90. The number of hydrogen-bond acceptors (Lipinski definition) is 6. The zero-order chi connectivity index (χ0) is 18.5. The maximum Gasteiger partial charge on any atom is 0.344 e. The molecule has 0 unspecified atom stereocenters. The average Bonchev–Trinajstić information content (AvgIpc) is 2.64. The molecule has 7 nitrogen and oxygen atoms in total. The van der Waals surface area contributed by atoms with Crippen LogP contribution in [-0.2, 0) is 0 Å². The van der Waals surface area contributed by atoms with E-state index in [1.165, 1.54) is 18.2 Å². The van der Waals surface area contributed by atoms with Crippen molar-refractivity contribution in [1.82, 2.24) is 16.0 Å².